The first-order chi connectivity index (χ1) is 6.29. The highest BCUT2D eigenvalue weighted by Crippen LogP contribution is 2.24. The van der Waals surface area contributed by atoms with Crippen LogP contribution in [0, 0.1) is 0 Å². The fourth-order valence-corrected chi connectivity index (χ4v) is 1.54. The Labute approximate surface area is 74.6 Å². The van der Waals surface area contributed by atoms with E-state index in [0.717, 1.165) is 6.42 Å². The third kappa shape index (κ3) is 2.26. The van der Waals surface area contributed by atoms with Gasteiger partial charge in [0.25, 0.3) is 0 Å². The van der Waals surface area contributed by atoms with Crippen molar-refractivity contribution in [1.29, 1.82) is 0 Å². The van der Waals surface area contributed by atoms with Crippen molar-refractivity contribution in [3.63, 3.8) is 0 Å². The number of rotatable bonds is 2. The fraction of sp³-hybridized carbons (Fsp3) is 1.00. The van der Waals surface area contributed by atoms with E-state index in [-0.39, 0.29) is 0 Å². The van der Waals surface area contributed by atoms with Gasteiger partial charge in [-0.1, -0.05) is 16.6 Å². The van der Waals surface area contributed by atoms with Crippen LogP contribution < -0.4 is 0 Å². The van der Waals surface area contributed by atoms with Crippen molar-refractivity contribution in [2.24, 2.45) is 10.2 Å². The van der Waals surface area contributed by atoms with Crippen LogP contribution in [0.25, 0.3) is 20.9 Å². The first-order valence-corrected chi connectivity index (χ1v) is 4.06. The van der Waals surface area contributed by atoms with Crippen LogP contribution in [0.3, 0.4) is 0 Å². The van der Waals surface area contributed by atoms with E-state index in [9.17, 15) is 5.11 Å². The minimum atomic E-state index is -0.680. The molecule has 1 aliphatic rings. The van der Waals surface area contributed by atoms with Crippen LogP contribution in [-0.4, -0.2) is 23.3 Å². The SMILES string of the molecule is [N-]=[N+]=NC1CCCC(O)C1N=[N+]=[N-]. The van der Waals surface area contributed by atoms with Gasteiger partial charge in [0.2, 0.25) is 0 Å². The molecule has 13 heavy (non-hydrogen) atoms. The first-order valence-electron chi connectivity index (χ1n) is 4.06. The molecule has 0 heterocycles. The van der Waals surface area contributed by atoms with E-state index in [1.807, 2.05) is 0 Å². The normalized spacial score (nSPS) is 32.8. The molecule has 0 amide bonds. The van der Waals surface area contributed by atoms with Crippen molar-refractivity contribution in [3.8, 4) is 0 Å². The van der Waals surface area contributed by atoms with Gasteiger partial charge in [0.15, 0.2) is 0 Å². The standard InChI is InChI=1S/C6H10N6O/c7-11-9-4-2-1-3-5(13)6(4)10-12-8/h4-6,13H,1-3H2. The van der Waals surface area contributed by atoms with Crippen LogP contribution in [-0.2, 0) is 0 Å². The predicted octanol–water partition coefficient (Wildman–Crippen LogP) is 1.89. The highest BCUT2D eigenvalue weighted by atomic mass is 16.3. The van der Waals surface area contributed by atoms with Crippen molar-refractivity contribution in [2.75, 3.05) is 0 Å². The Bertz CT molecular complexity index is 266. The average molecular weight is 182 g/mol. The monoisotopic (exact) mass is 182 g/mol. The van der Waals surface area contributed by atoms with Gasteiger partial charge in [-0.15, -0.1) is 0 Å². The second kappa shape index (κ2) is 4.57. The van der Waals surface area contributed by atoms with Gasteiger partial charge in [-0.3, -0.25) is 0 Å². The molecule has 0 aromatic rings. The predicted molar refractivity (Wildman–Crippen MR) is 45.7 cm³/mol. The third-order valence-electron chi connectivity index (χ3n) is 2.17. The molecule has 7 nitrogen and oxygen atoms in total. The quantitative estimate of drug-likeness (QED) is 0.391. The highest BCUT2D eigenvalue weighted by molar-refractivity contribution is 4.92. The summed E-state index contributed by atoms with van der Waals surface area (Å²) in [7, 11) is 0. The van der Waals surface area contributed by atoms with Crippen LogP contribution in [0.1, 0.15) is 19.3 Å². The molecule has 70 valence electrons. The smallest absolute Gasteiger partial charge is 0.0717 e. The van der Waals surface area contributed by atoms with E-state index in [2.05, 4.69) is 20.1 Å². The zero-order chi connectivity index (χ0) is 9.68. The fourth-order valence-electron chi connectivity index (χ4n) is 1.54. The minimum Gasteiger partial charge on any atom is -0.393 e. The average Bonchev–Trinajstić information content (AvgIpc) is 2.11. The molecule has 1 rings (SSSR count). The number of aliphatic hydroxyl groups excluding tert-OH is 1. The summed E-state index contributed by atoms with van der Waals surface area (Å²) in [6.45, 7) is 0. The second-order valence-electron chi connectivity index (χ2n) is 2.97. The molecule has 0 aromatic carbocycles. The molecule has 1 aliphatic carbocycles. The summed E-state index contributed by atoms with van der Waals surface area (Å²) in [4.78, 5) is 5.28. The van der Waals surface area contributed by atoms with Gasteiger partial charge >= 0.3 is 0 Å². The molecule has 1 fully saturated rings. The molecule has 3 atom stereocenters. The van der Waals surface area contributed by atoms with Crippen LogP contribution in [0.5, 0.6) is 0 Å². The molecule has 7 heteroatoms. The summed E-state index contributed by atoms with van der Waals surface area (Å²) in [5, 5.41) is 16.4. The summed E-state index contributed by atoms with van der Waals surface area (Å²) in [5.74, 6) is 0. The lowest BCUT2D eigenvalue weighted by Gasteiger charge is -2.28. The maximum Gasteiger partial charge on any atom is 0.0717 e. The Morgan fingerprint density at radius 1 is 1.15 bits per heavy atom. The molecule has 0 radical (unpaired) electrons. The summed E-state index contributed by atoms with van der Waals surface area (Å²) in [6.07, 6.45) is 1.38. The summed E-state index contributed by atoms with van der Waals surface area (Å²) in [6, 6.07) is -1.00. The van der Waals surface area contributed by atoms with Gasteiger partial charge in [0, 0.05) is 15.9 Å². The van der Waals surface area contributed by atoms with Gasteiger partial charge in [-0.05, 0) is 23.9 Å². The first kappa shape index (κ1) is 9.67. The number of hydrogen-bond acceptors (Lipinski definition) is 3. The van der Waals surface area contributed by atoms with Gasteiger partial charge < -0.3 is 5.11 Å². The lowest BCUT2D eigenvalue weighted by Crippen LogP contribution is -2.38. The largest absolute Gasteiger partial charge is 0.393 e. The van der Waals surface area contributed by atoms with Crippen molar-refractivity contribution in [1.82, 2.24) is 0 Å². The third-order valence-corrected chi connectivity index (χ3v) is 2.17. The molecule has 0 saturated heterocycles. The Hall–Kier alpha value is -1.42. The van der Waals surface area contributed by atoms with E-state index in [4.69, 9.17) is 11.1 Å². The topological polar surface area (TPSA) is 118 Å². The molecular weight excluding hydrogens is 172 g/mol. The van der Waals surface area contributed by atoms with Crippen molar-refractivity contribution >= 4 is 0 Å². The van der Waals surface area contributed by atoms with Crippen molar-refractivity contribution < 1.29 is 5.11 Å². The summed E-state index contributed by atoms with van der Waals surface area (Å²) < 4.78 is 0. The van der Waals surface area contributed by atoms with E-state index in [1.165, 1.54) is 0 Å². The summed E-state index contributed by atoms with van der Waals surface area (Å²) in [5.41, 5.74) is 16.5. The van der Waals surface area contributed by atoms with Gasteiger partial charge in [0.1, 0.15) is 0 Å². The molecule has 0 spiro atoms. The highest BCUT2D eigenvalue weighted by Gasteiger charge is 2.30. The molecular formula is C6H10N6O. The van der Waals surface area contributed by atoms with Gasteiger partial charge in [-0.2, -0.15) is 0 Å². The maximum absolute atomic E-state index is 9.45. The number of nitrogens with zero attached hydrogens (tertiary/aromatic N) is 6. The number of azide groups is 2. The van der Waals surface area contributed by atoms with Gasteiger partial charge in [-0.25, -0.2) is 0 Å². The molecule has 3 unspecified atom stereocenters. The molecule has 0 aliphatic heterocycles. The number of aliphatic hydroxyl groups is 1. The van der Waals surface area contributed by atoms with E-state index in [0.29, 0.717) is 12.8 Å². The maximum atomic E-state index is 9.45. The van der Waals surface area contributed by atoms with Crippen LogP contribution in [0.4, 0.5) is 0 Å². The van der Waals surface area contributed by atoms with Crippen LogP contribution in [0.2, 0.25) is 0 Å². The Morgan fingerprint density at radius 3 is 2.46 bits per heavy atom. The molecule has 0 bridgehead atoms. The van der Waals surface area contributed by atoms with Crippen LogP contribution >= 0.6 is 0 Å². The van der Waals surface area contributed by atoms with E-state index >= 15 is 0 Å². The zero-order valence-corrected chi connectivity index (χ0v) is 6.98. The van der Waals surface area contributed by atoms with Crippen molar-refractivity contribution in [3.05, 3.63) is 20.9 Å². The lowest BCUT2D eigenvalue weighted by molar-refractivity contribution is 0.0978. The van der Waals surface area contributed by atoms with E-state index in [1.54, 1.807) is 0 Å². The van der Waals surface area contributed by atoms with Crippen molar-refractivity contribution in [2.45, 2.75) is 37.5 Å². The lowest BCUT2D eigenvalue weighted by atomic mass is 9.89. The Morgan fingerprint density at radius 2 is 1.85 bits per heavy atom. The zero-order valence-electron chi connectivity index (χ0n) is 6.98. The molecule has 1 N–H and O–H groups in total. The second-order valence-corrected chi connectivity index (χ2v) is 2.97. The molecule has 1 saturated carbocycles. The summed E-state index contributed by atoms with van der Waals surface area (Å²) >= 11 is 0. The number of hydrogen-bond donors (Lipinski definition) is 1. The minimum absolute atomic E-state index is 0.398. The Kier molecular flexibility index (Phi) is 3.40. The van der Waals surface area contributed by atoms with Gasteiger partial charge in [0.05, 0.1) is 12.1 Å². The molecule has 0 aromatic heterocycles. The van der Waals surface area contributed by atoms with Crippen LogP contribution in [0.15, 0.2) is 10.2 Å². The van der Waals surface area contributed by atoms with E-state index < -0.39 is 18.2 Å². The Balaban J connectivity index is 2.78.